The van der Waals surface area contributed by atoms with Crippen molar-refractivity contribution in [3.63, 3.8) is 0 Å². The molecule has 3 aromatic rings. The number of nitrogens with one attached hydrogen (secondary N) is 1. The van der Waals surface area contributed by atoms with Gasteiger partial charge < -0.3 is 5.32 Å². The lowest BCUT2D eigenvalue weighted by molar-refractivity contribution is 0.102. The summed E-state index contributed by atoms with van der Waals surface area (Å²) < 4.78 is 1.88. The van der Waals surface area contributed by atoms with Gasteiger partial charge in [0.25, 0.3) is 5.91 Å². The molecular weight excluding hydrogens is 288 g/mol. The van der Waals surface area contributed by atoms with Crippen molar-refractivity contribution in [2.24, 2.45) is 0 Å². The van der Waals surface area contributed by atoms with Gasteiger partial charge in [-0.05, 0) is 45.0 Å². The summed E-state index contributed by atoms with van der Waals surface area (Å²) in [5.74, 6) is 1.50. The fourth-order valence-electron chi connectivity index (χ4n) is 2.53. The Kier molecular flexibility index (Phi) is 3.93. The Hall–Kier alpha value is -2.95. The lowest BCUT2D eigenvalue weighted by Crippen LogP contribution is -2.12. The van der Waals surface area contributed by atoms with Crippen LogP contribution in [0.15, 0.2) is 48.9 Å². The molecule has 0 saturated heterocycles. The number of carbonyl (C=O) groups is 1. The molecule has 0 aliphatic rings. The molecule has 0 saturated carbocycles. The van der Waals surface area contributed by atoms with Crippen LogP contribution in [-0.4, -0.2) is 20.4 Å². The molecule has 23 heavy (non-hydrogen) atoms. The Morgan fingerprint density at radius 3 is 2.35 bits per heavy atom. The number of hydrogen-bond donors (Lipinski definition) is 1. The van der Waals surface area contributed by atoms with Gasteiger partial charge in [0, 0.05) is 18.0 Å². The normalized spacial score (nSPS) is 10.6. The van der Waals surface area contributed by atoms with Crippen LogP contribution in [0.5, 0.6) is 0 Å². The van der Waals surface area contributed by atoms with Crippen molar-refractivity contribution >= 4 is 11.6 Å². The first-order valence-electron chi connectivity index (χ1n) is 7.39. The van der Waals surface area contributed by atoms with Crippen molar-refractivity contribution in [3.8, 4) is 5.82 Å². The molecule has 0 spiro atoms. The molecule has 0 unspecified atom stereocenters. The SMILES string of the molecule is Cc1cc(C)cc(C(=O)Nc2ccc(-n3ccnc3C)nc2)c1. The highest BCUT2D eigenvalue weighted by Gasteiger charge is 2.08. The maximum atomic E-state index is 12.3. The number of benzene rings is 1. The molecule has 1 amide bonds. The monoisotopic (exact) mass is 306 g/mol. The largest absolute Gasteiger partial charge is 0.321 e. The first-order valence-corrected chi connectivity index (χ1v) is 7.39. The number of aromatic nitrogens is 3. The summed E-state index contributed by atoms with van der Waals surface area (Å²) in [6.07, 6.45) is 5.23. The summed E-state index contributed by atoms with van der Waals surface area (Å²) >= 11 is 0. The predicted molar refractivity (Wildman–Crippen MR) is 90.0 cm³/mol. The third kappa shape index (κ3) is 3.29. The second-order valence-corrected chi connectivity index (χ2v) is 5.58. The van der Waals surface area contributed by atoms with Crippen LogP contribution < -0.4 is 5.32 Å². The second kappa shape index (κ2) is 6.04. The fourth-order valence-corrected chi connectivity index (χ4v) is 2.53. The van der Waals surface area contributed by atoms with Gasteiger partial charge in [-0.15, -0.1) is 0 Å². The van der Waals surface area contributed by atoms with Gasteiger partial charge in [-0.25, -0.2) is 9.97 Å². The Balaban J connectivity index is 1.78. The zero-order valence-electron chi connectivity index (χ0n) is 13.4. The number of carbonyl (C=O) groups excluding carboxylic acids is 1. The number of hydrogen-bond acceptors (Lipinski definition) is 3. The van der Waals surface area contributed by atoms with E-state index in [2.05, 4.69) is 15.3 Å². The average Bonchev–Trinajstić information content (AvgIpc) is 2.93. The van der Waals surface area contributed by atoms with Gasteiger partial charge in [-0.3, -0.25) is 9.36 Å². The standard InChI is InChI=1S/C18H18N4O/c1-12-8-13(2)10-15(9-12)18(23)21-16-4-5-17(20-11-16)22-7-6-19-14(22)3/h4-11H,1-3H3,(H,21,23). The number of rotatable bonds is 3. The van der Waals surface area contributed by atoms with Crippen molar-refractivity contribution in [2.75, 3.05) is 5.32 Å². The number of pyridine rings is 1. The van der Waals surface area contributed by atoms with E-state index in [1.165, 1.54) is 0 Å². The van der Waals surface area contributed by atoms with Gasteiger partial charge in [0.2, 0.25) is 0 Å². The first kappa shape index (κ1) is 15.0. The molecule has 2 heterocycles. The molecule has 0 aliphatic carbocycles. The van der Waals surface area contributed by atoms with E-state index in [0.717, 1.165) is 22.8 Å². The Bertz CT molecular complexity index is 829. The quantitative estimate of drug-likeness (QED) is 0.806. The van der Waals surface area contributed by atoms with Crippen molar-refractivity contribution in [2.45, 2.75) is 20.8 Å². The molecular formula is C18H18N4O. The maximum absolute atomic E-state index is 12.3. The minimum atomic E-state index is -0.134. The van der Waals surface area contributed by atoms with Crippen LogP contribution in [0.4, 0.5) is 5.69 Å². The van der Waals surface area contributed by atoms with Gasteiger partial charge in [-0.1, -0.05) is 17.2 Å². The highest BCUT2D eigenvalue weighted by atomic mass is 16.1. The minimum Gasteiger partial charge on any atom is -0.321 e. The molecule has 1 aromatic carbocycles. The van der Waals surface area contributed by atoms with Crippen LogP contribution >= 0.6 is 0 Å². The second-order valence-electron chi connectivity index (χ2n) is 5.58. The van der Waals surface area contributed by atoms with E-state index in [4.69, 9.17) is 0 Å². The van der Waals surface area contributed by atoms with Gasteiger partial charge in [-0.2, -0.15) is 0 Å². The van der Waals surface area contributed by atoms with E-state index < -0.39 is 0 Å². The smallest absolute Gasteiger partial charge is 0.255 e. The van der Waals surface area contributed by atoms with Gasteiger partial charge in [0.1, 0.15) is 11.6 Å². The molecule has 0 bridgehead atoms. The first-order chi connectivity index (χ1) is 11.0. The van der Waals surface area contributed by atoms with E-state index in [-0.39, 0.29) is 5.91 Å². The zero-order chi connectivity index (χ0) is 16.4. The van der Waals surface area contributed by atoms with Gasteiger partial charge in [0.05, 0.1) is 11.9 Å². The molecule has 5 nitrogen and oxygen atoms in total. The lowest BCUT2D eigenvalue weighted by atomic mass is 10.1. The van der Waals surface area contributed by atoms with E-state index in [9.17, 15) is 4.79 Å². The molecule has 0 aliphatic heterocycles. The van der Waals surface area contributed by atoms with Crippen LogP contribution in [0.25, 0.3) is 5.82 Å². The highest BCUT2D eigenvalue weighted by Crippen LogP contribution is 2.14. The molecule has 0 atom stereocenters. The molecule has 0 radical (unpaired) electrons. The van der Waals surface area contributed by atoms with E-state index in [0.29, 0.717) is 11.3 Å². The number of nitrogens with zero attached hydrogens (tertiary/aromatic N) is 3. The molecule has 5 heteroatoms. The van der Waals surface area contributed by atoms with Crippen LogP contribution in [0, 0.1) is 20.8 Å². The summed E-state index contributed by atoms with van der Waals surface area (Å²) in [5.41, 5.74) is 3.45. The number of amides is 1. The van der Waals surface area contributed by atoms with Crippen LogP contribution in [0.2, 0.25) is 0 Å². The van der Waals surface area contributed by atoms with Crippen molar-refractivity contribution in [3.05, 3.63) is 71.4 Å². The minimum absolute atomic E-state index is 0.134. The topological polar surface area (TPSA) is 59.8 Å². The van der Waals surface area contributed by atoms with Crippen molar-refractivity contribution in [1.82, 2.24) is 14.5 Å². The summed E-state index contributed by atoms with van der Waals surface area (Å²) in [6.45, 7) is 5.87. The van der Waals surface area contributed by atoms with Crippen LogP contribution in [-0.2, 0) is 0 Å². The van der Waals surface area contributed by atoms with Crippen LogP contribution in [0.1, 0.15) is 27.3 Å². The van der Waals surface area contributed by atoms with Crippen molar-refractivity contribution < 1.29 is 4.79 Å². The predicted octanol–water partition coefficient (Wildman–Crippen LogP) is 3.44. The molecule has 2 aromatic heterocycles. The third-order valence-electron chi connectivity index (χ3n) is 3.56. The zero-order valence-corrected chi connectivity index (χ0v) is 13.4. The fraction of sp³-hybridized carbons (Fsp3) is 0.167. The summed E-state index contributed by atoms with van der Waals surface area (Å²) in [4.78, 5) is 20.9. The molecule has 0 fully saturated rings. The van der Waals surface area contributed by atoms with Gasteiger partial charge in [0.15, 0.2) is 0 Å². The molecule has 116 valence electrons. The molecule has 3 rings (SSSR count). The summed E-state index contributed by atoms with van der Waals surface area (Å²) in [6, 6.07) is 9.48. The lowest BCUT2D eigenvalue weighted by Gasteiger charge is -2.08. The Morgan fingerprint density at radius 2 is 1.78 bits per heavy atom. The van der Waals surface area contributed by atoms with E-state index in [1.54, 1.807) is 12.4 Å². The van der Waals surface area contributed by atoms with E-state index >= 15 is 0 Å². The Labute approximate surface area is 135 Å². The summed E-state index contributed by atoms with van der Waals surface area (Å²) in [7, 11) is 0. The average molecular weight is 306 g/mol. The third-order valence-corrected chi connectivity index (χ3v) is 3.56. The Morgan fingerprint density at radius 1 is 1.04 bits per heavy atom. The van der Waals surface area contributed by atoms with Gasteiger partial charge >= 0.3 is 0 Å². The van der Waals surface area contributed by atoms with Crippen molar-refractivity contribution in [1.29, 1.82) is 0 Å². The van der Waals surface area contributed by atoms with Crippen LogP contribution in [0.3, 0.4) is 0 Å². The maximum Gasteiger partial charge on any atom is 0.255 e. The number of aryl methyl sites for hydroxylation is 3. The summed E-state index contributed by atoms with van der Waals surface area (Å²) in [5, 5.41) is 2.87. The highest BCUT2D eigenvalue weighted by molar-refractivity contribution is 6.04. The number of imidazole rings is 1. The number of anilines is 1. The molecule has 1 N–H and O–H groups in total. The van der Waals surface area contributed by atoms with E-state index in [1.807, 2.05) is 61.9 Å².